The number of rotatable bonds is 6. The summed E-state index contributed by atoms with van der Waals surface area (Å²) in [5.74, 6) is -0.507. The molecule has 1 aromatic heterocycles. The molecule has 0 saturated heterocycles. The standard InChI is InChI=1S/C19H22N4O4S/c1-13(24)21-16-6-8-18(9-7-16)28(26,27)23-17-10-14(11-20-12-17)19(25)22-15-4-2-3-5-15/h6-12,15,23H,2-5H2,1H3,(H,21,24)(H,22,25). The molecule has 1 saturated carbocycles. The first-order chi connectivity index (χ1) is 13.3. The summed E-state index contributed by atoms with van der Waals surface area (Å²) in [5, 5.41) is 5.52. The number of amides is 2. The number of carbonyl (C=O) groups is 2. The number of hydrogen-bond donors (Lipinski definition) is 3. The highest BCUT2D eigenvalue weighted by Crippen LogP contribution is 2.20. The van der Waals surface area contributed by atoms with Crippen LogP contribution in [0.3, 0.4) is 0 Å². The first-order valence-corrected chi connectivity index (χ1v) is 10.5. The summed E-state index contributed by atoms with van der Waals surface area (Å²) in [5.41, 5.74) is 0.997. The van der Waals surface area contributed by atoms with Crippen molar-refractivity contribution in [3.63, 3.8) is 0 Å². The summed E-state index contributed by atoms with van der Waals surface area (Å²) in [6, 6.07) is 7.39. The third kappa shape index (κ3) is 5.07. The Kier molecular flexibility index (Phi) is 5.93. The van der Waals surface area contributed by atoms with Gasteiger partial charge in [0.1, 0.15) is 0 Å². The Morgan fingerprint density at radius 1 is 1.04 bits per heavy atom. The summed E-state index contributed by atoms with van der Waals surface area (Å²) < 4.78 is 27.6. The van der Waals surface area contributed by atoms with Crippen LogP contribution in [0.1, 0.15) is 43.0 Å². The maximum atomic E-state index is 12.6. The van der Waals surface area contributed by atoms with Crippen LogP contribution in [-0.4, -0.2) is 31.3 Å². The summed E-state index contributed by atoms with van der Waals surface area (Å²) in [4.78, 5) is 27.4. The Hall–Kier alpha value is -2.94. The van der Waals surface area contributed by atoms with E-state index in [1.54, 1.807) is 0 Å². The van der Waals surface area contributed by atoms with Crippen molar-refractivity contribution >= 4 is 33.2 Å². The van der Waals surface area contributed by atoms with E-state index in [4.69, 9.17) is 0 Å². The zero-order chi connectivity index (χ0) is 20.1. The van der Waals surface area contributed by atoms with Gasteiger partial charge in [-0.25, -0.2) is 8.42 Å². The van der Waals surface area contributed by atoms with E-state index in [1.807, 2.05) is 0 Å². The zero-order valence-corrected chi connectivity index (χ0v) is 16.3. The normalized spacial score (nSPS) is 14.5. The highest BCUT2D eigenvalue weighted by molar-refractivity contribution is 7.92. The van der Waals surface area contributed by atoms with Crippen LogP contribution in [0.15, 0.2) is 47.6 Å². The second kappa shape index (κ2) is 8.39. The molecule has 1 fully saturated rings. The van der Waals surface area contributed by atoms with Crippen molar-refractivity contribution in [2.24, 2.45) is 0 Å². The smallest absolute Gasteiger partial charge is 0.261 e. The van der Waals surface area contributed by atoms with Crippen LogP contribution < -0.4 is 15.4 Å². The van der Waals surface area contributed by atoms with Crippen LogP contribution in [-0.2, 0) is 14.8 Å². The van der Waals surface area contributed by atoms with Gasteiger partial charge in [-0.3, -0.25) is 19.3 Å². The molecule has 2 amide bonds. The molecule has 0 bridgehead atoms. The largest absolute Gasteiger partial charge is 0.349 e. The monoisotopic (exact) mass is 402 g/mol. The van der Waals surface area contributed by atoms with Crippen LogP contribution in [0.25, 0.3) is 0 Å². The van der Waals surface area contributed by atoms with Crippen molar-refractivity contribution in [3.8, 4) is 0 Å². The van der Waals surface area contributed by atoms with Crippen molar-refractivity contribution in [1.29, 1.82) is 0 Å². The van der Waals surface area contributed by atoms with Gasteiger partial charge in [0.05, 0.1) is 22.3 Å². The number of anilines is 2. The molecule has 1 aliphatic carbocycles. The summed E-state index contributed by atoms with van der Waals surface area (Å²) in [6.45, 7) is 1.37. The van der Waals surface area contributed by atoms with E-state index >= 15 is 0 Å². The minimum atomic E-state index is -3.86. The van der Waals surface area contributed by atoms with E-state index in [9.17, 15) is 18.0 Å². The quantitative estimate of drug-likeness (QED) is 0.686. The van der Waals surface area contributed by atoms with Gasteiger partial charge in [-0.05, 0) is 43.2 Å². The SMILES string of the molecule is CC(=O)Nc1ccc(S(=O)(=O)Nc2cncc(C(=O)NC3CCCC3)c2)cc1. The van der Waals surface area contributed by atoms with Crippen molar-refractivity contribution in [2.75, 3.05) is 10.0 Å². The van der Waals surface area contributed by atoms with E-state index in [2.05, 4.69) is 20.3 Å². The van der Waals surface area contributed by atoms with Crippen LogP contribution >= 0.6 is 0 Å². The predicted molar refractivity (Wildman–Crippen MR) is 106 cm³/mol. The molecule has 28 heavy (non-hydrogen) atoms. The maximum Gasteiger partial charge on any atom is 0.261 e. The molecule has 1 aromatic carbocycles. The molecule has 148 valence electrons. The second-order valence-electron chi connectivity index (χ2n) is 6.73. The highest BCUT2D eigenvalue weighted by atomic mass is 32.2. The Morgan fingerprint density at radius 3 is 2.36 bits per heavy atom. The molecule has 2 aromatic rings. The molecule has 3 rings (SSSR count). The molecule has 9 heteroatoms. The zero-order valence-electron chi connectivity index (χ0n) is 15.4. The molecule has 3 N–H and O–H groups in total. The molecule has 0 spiro atoms. The molecular weight excluding hydrogens is 380 g/mol. The number of nitrogens with one attached hydrogen (secondary N) is 3. The fraction of sp³-hybridized carbons (Fsp3) is 0.316. The first-order valence-electron chi connectivity index (χ1n) is 9.00. The van der Waals surface area contributed by atoms with E-state index in [0.29, 0.717) is 11.3 Å². The van der Waals surface area contributed by atoms with E-state index < -0.39 is 10.0 Å². The number of aromatic nitrogens is 1. The number of pyridine rings is 1. The Bertz CT molecular complexity index is 968. The van der Waals surface area contributed by atoms with Crippen molar-refractivity contribution in [2.45, 2.75) is 43.5 Å². The number of nitrogens with zero attached hydrogens (tertiary/aromatic N) is 1. The molecule has 0 radical (unpaired) electrons. The van der Waals surface area contributed by atoms with Gasteiger partial charge < -0.3 is 10.6 Å². The molecule has 0 unspecified atom stereocenters. The minimum Gasteiger partial charge on any atom is -0.349 e. The fourth-order valence-electron chi connectivity index (χ4n) is 3.09. The second-order valence-corrected chi connectivity index (χ2v) is 8.41. The third-order valence-electron chi connectivity index (χ3n) is 4.43. The predicted octanol–water partition coefficient (Wildman–Crippen LogP) is 2.51. The molecule has 1 aliphatic rings. The van der Waals surface area contributed by atoms with E-state index in [0.717, 1.165) is 25.7 Å². The lowest BCUT2D eigenvalue weighted by Crippen LogP contribution is -2.32. The minimum absolute atomic E-state index is 0.0300. The highest BCUT2D eigenvalue weighted by Gasteiger charge is 2.19. The maximum absolute atomic E-state index is 12.6. The first kappa shape index (κ1) is 19.8. The average Bonchev–Trinajstić information content (AvgIpc) is 3.14. The van der Waals surface area contributed by atoms with Gasteiger partial charge in [0.25, 0.3) is 15.9 Å². The van der Waals surface area contributed by atoms with Gasteiger partial charge in [0.15, 0.2) is 0 Å². The summed E-state index contributed by atoms with van der Waals surface area (Å²) >= 11 is 0. The summed E-state index contributed by atoms with van der Waals surface area (Å²) in [7, 11) is -3.86. The van der Waals surface area contributed by atoms with Gasteiger partial charge >= 0.3 is 0 Å². The van der Waals surface area contributed by atoms with Crippen molar-refractivity contribution in [3.05, 3.63) is 48.3 Å². The molecule has 0 aliphatic heterocycles. The molecular formula is C19H22N4O4S. The van der Waals surface area contributed by atoms with Crippen LogP contribution in [0.4, 0.5) is 11.4 Å². The van der Waals surface area contributed by atoms with E-state index in [-0.39, 0.29) is 28.4 Å². The molecule has 0 atom stereocenters. The number of hydrogen-bond acceptors (Lipinski definition) is 5. The number of carbonyl (C=O) groups excluding carboxylic acids is 2. The van der Waals surface area contributed by atoms with Gasteiger partial charge in [0, 0.05) is 24.8 Å². The van der Waals surface area contributed by atoms with Crippen molar-refractivity contribution < 1.29 is 18.0 Å². The Morgan fingerprint density at radius 2 is 1.71 bits per heavy atom. The third-order valence-corrected chi connectivity index (χ3v) is 5.83. The van der Waals surface area contributed by atoms with E-state index in [1.165, 1.54) is 49.6 Å². The molecule has 1 heterocycles. The van der Waals surface area contributed by atoms with Crippen LogP contribution in [0.5, 0.6) is 0 Å². The Labute approximate surface area is 163 Å². The average molecular weight is 402 g/mol. The van der Waals surface area contributed by atoms with Crippen LogP contribution in [0.2, 0.25) is 0 Å². The van der Waals surface area contributed by atoms with Crippen LogP contribution in [0, 0.1) is 0 Å². The van der Waals surface area contributed by atoms with Gasteiger partial charge in [-0.2, -0.15) is 0 Å². The lowest BCUT2D eigenvalue weighted by atomic mass is 10.2. The Balaban J connectivity index is 1.71. The number of sulfonamides is 1. The van der Waals surface area contributed by atoms with Gasteiger partial charge in [0.2, 0.25) is 5.91 Å². The lowest BCUT2D eigenvalue weighted by Gasteiger charge is -2.13. The summed E-state index contributed by atoms with van der Waals surface area (Å²) in [6.07, 6.45) is 6.87. The number of benzene rings is 1. The topological polar surface area (TPSA) is 117 Å². The van der Waals surface area contributed by atoms with Gasteiger partial charge in [-0.1, -0.05) is 12.8 Å². The fourth-order valence-corrected chi connectivity index (χ4v) is 4.13. The lowest BCUT2D eigenvalue weighted by molar-refractivity contribution is -0.114. The van der Waals surface area contributed by atoms with Crippen molar-refractivity contribution in [1.82, 2.24) is 10.3 Å². The molecule has 8 nitrogen and oxygen atoms in total. The van der Waals surface area contributed by atoms with Gasteiger partial charge in [-0.15, -0.1) is 0 Å².